The molecule has 3 rings (SSSR count). The lowest BCUT2D eigenvalue weighted by Crippen LogP contribution is -2.45. The van der Waals surface area contributed by atoms with Gasteiger partial charge in [0.2, 0.25) is 0 Å². The molecule has 0 saturated carbocycles. The topological polar surface area (TPSA) is 21.3 Å². The van der Waals surface area contributed by atoms with E-state index in [1.54, 1.807) is 6.07 Å². The Morgan fingerprint density at radius 2 is 1.79 bits per heavy atom. The van der Waals surface area contributed by atoms with Crippen molar-refractivity contribution in [2.45, 2.75) is 63.8 Å². The van der Waals surface area contributed by atoms with Gasteiger partial charge in [-0.25, -0.2) is 0 Å². The van der Waals surface area contributed by atoms with Gasteiger partial charge in [-0.1, -0.05) is 48.0 Å². The lowest BCUT2D eigenvalue weighted by Gasteiger charge is -2.45. The zero-order valence-electron chi connectivity index (χ0n) is 17.4. The third-order valence-corrected chi connectivity index (χ3v) is 5.87. The molecule has 1 saturated heterocycles. The van der Waals surface area contributed by atoms with Gasteiger partial charge in [0, 0.05) is 18.6 Å². The number of hydrogen-bond donors (Lipinski definition) is 1. The maximum Gasteiger partial charge on any atom is 0.416 e. The second-order valence-electron chi connectivity index (χ2n) is 8.81. The van der Waals surface area contributed by atoms with E-state index in [0.717, 1.165) is 31.9 Å². The van der Waals surface area contributed by atoms with Crippen LogP contribution in [-0.4, -0.2) is 18.8 Å². The summed E-state index contributed by atoms with van der Waals surface area (Å²) in [5.41, 5.74) is 2.43. The van der Waals surface area contributed by atoms with Gasteiger partial charge in [0.25, 0.3) is 0 Å². The van der Waals surface area contributed by atoms with Crippen LogP contribution in [-0.2, 0) is 22.9 Å². The largest absolute Gasteiger partial charge is 0.416 e. The summed E-state index contributed by atoms with van der Waals surface area (Å²) in [5.74, 6) is 0. The predicted octanol–water partition coefficient (Wildman–Crippen LogP) is 6.02. The van der Waals surface area contributed by atoms with Crippen LogP contribution in [0.15, 0.2) is 48.5 Å². The van der Waals surface area contributed by atoms with Gasteiger partial charge in [-0.05, 0) is 63.8 Å². The van der Waals surface area contributed by atoms with Crippen LogP contribution in [0.3, 0.4) is 0 Å². The molecule has 1 unspecified atom stereocenters. The first-order chi connectivity index (χ1) is 13.6. The quantitative estimate of drug-likeness (QED) is 0.593. The first-order valence-electron chi connectivity index (χ1n) is 10.2. The molecule has 5 heteroatoms. The number of hydrogen-bond acceptors (Lipinski definition) is 2. The van der Waals surface area contributed by atoms with E-state index in [4.69, 9.17) is 4.74 Å². The molecule has 1 aliphatic heterocycles. The second kappa shape index (κ2) is 8.49. The summed E-state index contributed by atoms with van der Waals surface area (Å²) >= 11 is 0. The highest BCUT2D eigenvalue weighted by Crippen LogP contribution is 2.44. The molecule has 29 heavy (non-hydrogen) atoms. The van der Waals surface area contributed by atoms with Crippen LogP contribution < -0.4 is 5.32 Å². The number of benzene rings is 2. The first kappa shape index (κ1) is 21.8. The fourth-order valence-corrected chi connectivity index (χ4v) is 4.41. The second-order valence-corrected chi connectivity index (χ2v) is 8.81. The van der Waals surface area contributed by atoms with Gasteiger partial charge in [-0.15, -0.1) is 0 Å². The van der Waals surface area contributed by atoms with E-state index in [0.29, 0.717) is 18.7 Å². The van der Waals surface area contributed by atoms with Crippen LogP contribution in [0.1, 0.15) is 55.4 Å². The molecule has 0 spiro atoms. The summed E-state index contributed by atoms with van der Waals surface area (Å²) in [6.45, 7) is 8.22. The number of ether oxygens (including phenoxy) is 1. The Hall–Kier alpha value is -1.85. The van der Waals surface area contributed by atoms with E-state index in [-0.39, 0.29) is 11.0 Å². The molecule has 2 nitrogen and oxygen atoms in total. The molecule has 1 N–H and O–H groups in total. The van der Waals surface area contributed by atoms with Crippen molar-refractivity contribution in [3.63, 3.8) is 0 Å². The van der Waals surface area contributed by atoms with Crippen molar-refractivity contribution in [3.05, 3.63) is 70.8 Å². The normalized spacial score (nSPS) is 21.9. The molecule has 1 atom stereocenters. The van der Waals surface area contributed by atoms with E-state index < -0.39 is 11.7 Å². The Labute approximate surface area is 171 Å². The Kier molecular flexibility index (Phi) is 6.39. The summed E-state index contributed by atoms with van der Waals surface area (Å²) in [6, 6.07) is 14.3. The lowest BCUT2D eigenvalue weighted by atomic mass is 9.67. The van der Waals surface area contributed by atoms with Crippen molar-refractivity contribution in [1.82, 2.24) is 5.32 Å². The zero-order chi connectivity index (χ0) is 21.1. The Bertz CT molecular complexity index is 814. The maximum atomic E-state index is 12.9. The van der Waals surface area contributed by atoms with Gasteiger partial charge in [-0.3, -0.25) is 0 Å². The average Bonchev–Trinajstić information content (AvgIpc) is 2.64. The van der Waals surface area contributed by atoms with Gasteiger partial charge >= 0.3 is 6.18 Å². The van der Waals surface area contributed by atoms with Crippen LogP contribution in [0, 0.1) is 6.92 Å². The molecular formula is C24H30F3NO. The maximum absolute atomic E-state index is 12.9. The van der Waals surface area contributed by atoms with Crippen molar-refractivity contribution in [2.24, 2.45) is 0 Å². The van der Waals surface area contributed by atoms with Crippen LogP contribution in [0.5, 0.6) is 0 Å². The van der Waals surface area contributed by atoms with E-state index in [1.807, 2.05) is 0 Å². The molecule has 158 valence electrons. The van der Waals surface area contributed by atoms with Crippen LogP contribution in [0.2, 0.25) is 0 Å². The van der Waals surface area contributed by atoms with Crippen LogP contribution in [0.4, 0.5) is 13.2 Å². The fourth-order valence-electron chi connectivity index (χ4n) is 4.41. The van der Waals surface area contributed by atoms with E-state index in [9.17, 15) is 13.2 Å². The average molecular weight is 406 g/mol. The summed E-state index contributed by atoms with van der Waals surface area (Å²) in [5, 5.41) is 3.35. The number of rotatable bonds is 6. The Morgan fingerprint density at radius 3 is 2.45 bits per heavy atom. The molecule has 0 aromatic heterocycles. The summed E-state index contributed by atoms with van der Waals surface area (Å²) in [4.78, 5) is 0. The van der Waals surface area contributed by atoms with E-state index in [2.05, 4.69) is 50.4 Å². The minimum atomic E-state index is -4.31. The summed E-state index contributed by atoms with van der Waals surface area (Å²) in [6.07, 6.45) is -1.51. The molecule has 0 amide bonds. The van der Waals surface area contributed by atoms with Gasteiger partial charge in [0.15, 0.2) is 0 Å². The molecule has 1 aliphatic rings. The monoisotopic (exact) mass is 405 g/mol. The Balaban J connectivity index is 1.67. The van der Waals surface area contributed by atoms with Crippen molar-refractivity contribution in [3.8, 4) is 0 Å². The third-order valence-electron chi connectivity index (χ3n) is 5.87. The molecule has 1 fully saturated rings. The van der Waals surface area contributed by atoms with Crippen molar-refractivity contribution in [2.75, 3.05) is 13.2 Å². The van der Waals surface area contributed by atoms with Gasteiger partial charge in [0.1, 0.15) is 0 Å². The van der Waals surface area contributed by atoms with Crippen molar-refractivity contribution < 1.29 is 17.9 Å². The minimum Gasteiger partial charge on any atom is -0.376 e. The number of alkyl halides is 3. The van der Waals surface area contributed by atoms with Crippen molar-refractivity contribution in [1.29, 1.82) is 0 Å². The molecule has 0 aliphatic carbocycles. The molecule has 0 radical (unpaired) electrons. The van der Waals surface area contributed by atoms with E-state index in [1.165, 1.54) is 23.3 Å². The predicted molar refractivity (Wildman–Crippen MR) is 110 cm³/mol. The van der Waals surface area contributed by atoms with Gasteiger partial charge in [0.05, 0.1) is 11.2 Å². The molecular weight excluding hydrogens is 375 g/mol. The summed E-state index contributed by atoms with van der Waals surface area (Å²) < 4.78 is 44.7. The molecule has 1 heterocycles. The lowest BCUT2D eigenvalue weighted by molar-refractivity contribution is -0.137. The van der Waals surface area contributed by atoms with Crippen molar-refractivity contribution >= 4 is 0 Å². The number of aryl methyl sites for hydroxylation is 1. The minimum absolute atomic E-state index is 0.0102. The zero-order valence-corrected chi connectivity index (χ0v) is 17.4. The van der Waals surface area contributed by atoms with E-state index >= 15 is 0 Å². The smallest absolute Gasteiger partial charge is 0.376 e. The first-order valence-corrected chi connectivity index (χ1v) is 10.2. The third kappa shape index (κ3) is 5.61. The molecule has 2 aromatic carbocycles. The summed E-state index contributed by atoms with van der Waals surface area (Å²) in [7, 11) is 0. The highest BCUT2D eigenvalue weighted by atomic mass is 19.4. The van der Waals surface area contributed by atoms with Crippen LogP contribution in [0.25, 0.3) is 0 Å². The highest BCUT2D eigenvalue weighted by molar-refractivity contribution is 5.30. The standard InChI is InChI=1S/C24H30F3NO/c1-18-7-9-20(10-8-18)23(12-14-29-22(2,3)17-23)11-13-28-16-19-5-4-6-21(15-19)24(25,26)27/h4-10,15,28H,11-14,16-17H2,1-3H3. The van der Waals surface area contributed by atoms with Crippen LogP contribution >= 0.6 is 0 Å². The van der Waals surface area contributed by atoms with Gasteiger partial charge in [-0.2, -0.15) is 13.2 Å². The number of nitrogens with one attached hydrogen (secondary N) is 1. The SMILES string of the molecule is Cc1ccc(C2(CCNCc3cccc(C(F)(F)F)c3)CCOC(C)(C)C2)cc1. The van der Waals surface area contributed by atoms with Gasteiger partial charge < -0.3 is 10.1 Å². The fraction of sp³-hybridized carbons (Fsp3) is 0.500. The Morgan fingerprint density at radius 1 is 1.07 bits per heavy atom. The number of halogens is 3. The molecule has 0 bridgehead atoms. The molecule has 2 aromatic rings. The highest BCUT2D eigenvalue weighted by Gasteiger charge is 2.41.